The Morgan fingerprint density at radius 2 is 2.17 bits per heavy atom. The van der Waals surface area contributed by atoms with Gasteiger partial charge < -0.3 is 5.32 Å². The Labute approximate surface area is 116 Å². The predicted molar refractivity (Wildman–Crippen MR) is 73.0 cm³/mol. The van der Waals surface area contributed by atoms with Crippen LogP contribution in [0.2, 0.25) is 10.0 Å². The number of nitrogens with zero attached hydrogens (tertiary/aromatic N) is 3. The van der Waals surface area contributed by atoms with E-state index in [4.69, 9.17) is 23.2 Å². The SMILES string of the molecule is CCNCc1ncn(Cc2cccc(Cl)c2Cl)n1. The number of benzene rings is 1. The smallest absolute Gasteiger partial charge is 0.164 e. The van der Waals surface area contributed by atoms with Crippen molar-refractivity contribution >= 4 is 23.2 Å². The number of aromatic nitrogens is 3. The van der Waals surface area contributed by atoms with Crippen molar-refractivity contribution in [1.29, 1.82) is 0 Å². The third-order valence-corrected chi connectivity index (χ3v) is 3.34. The molecule has 2 aromatic rings. The lowest BCUT2D eigenvalue weighted by Gasteiger charge is -2.05. The minimum atomic E-state index is 0.558. The maximum absolute atomic E-state index is 6.13. The average Bonchev–Trinajstić information content (AvgIpc) is 2.80. The summed E-state index contributed by atoms with van der Waals surface area (Å²) in [6.07, 6.45) is 1.70. The summed E-state index contributed by atoms with van der Waals surface area (Å²) in [5.74, 6) is 0.773. The van der Waals surface area contributed by atoms with Crippen LogP contribution < -0.4 is 5.32 Å². The number of rotatable bonds is 5. The summed E-state index contributed by atoms with van der Waals surface area (Å²) in [6.45, 7) is 4.18. The van der Waals surface area contributed by atoms with Crippen molar-refractivity contribution in [3.8, 4) is 0 Å². The van der Waals surface area contributed by atoms with Crippen molar-refractivity contribution in [3.05, 3.63) is 46.0 Å². The van der Waals surface area contributed by atoms with Crippen LogP contribution in [0.15, 0.2) is 24.5 Å². The van der Waals surface area contributed by atoms with Gasteiger partial charge in [0.05, 0.1) is 23.1 Å². The monoisotopic (exact) mass is 284 g/mol. The molecule has 0 aliphatic carbocycles. The fourth-order valence-corrected chi connectivity index (χ4v) is 1.95. The molecule has 0 saturated carbocycles. The van der Waals surface area contributed by atoms with E-state index in [1.807, 2.05) is 19.1 Å². The molecule has 18 heavy (non-hydrogen) atoms. The molecule has 0 aliphatic heterocycles. The van der Waals surface area contributed by atoms with E-state index in [1.165, 1.54) is 0 Å². The van der Waals surface area contributed by atoms with E-state index in [0.717, 1.165) is 17.9 Å². The quantitative estimate of drug-likeness (QED) is 0.918. The molecule has 0 spiro atoms. The van der Waals surface area contributed by atoms with E-state index in [-0.39, 0.29) is 0 Å². The van der Waals surface area contributed by atoms with E-state index < -0.39 is 0 Å². The molecular formula is C12H14Cl2N4. The second kappa shape index (κ2) is 6.18. The number of hydrogen-bond acceptors (Lipinski definition) is 3. The van der Waals surface area contributed by atoms with Gasteiger partial charge in [-0.3, -0.25) is 0 Å². The zero-order valence-corrected chi connectivity index (χ0v) is 11.5. The Kier molecular flexibility index (Phi) is 4.58. The largest absolute Gasteiger partial charge is 0.310 e. The molecule has 0 atom stereocenters. The van der Waals surface area contributed by atoms with Gasteiger partial charge in [0, 0.05) is 0 Å². The third-order valence-electron chi connectivity index (χ3n) is 2.48. The second-order valence-corrected chi connectivity index (χ2v) is 4.64. The van der Waals surface area contributed by atoms with Crippen molar-refractivity contribution in [3.63, 3.8) is 0 Å². The highest BCUT2D eigenvalue weighted by Gasteiger charge is 2.06. The van der Waals surface area contributed by atoms with Crippen molar-refractivity contribution in [2.24, 2.45) is 0 Å². The van der Waals surface area contributed by atoms with Gasteiger partial charge in [-0.15, -0.1) is 0 Å². The normalized spacial score (nSPS) is 10.8. The molecule has 0 unspecified atom stereocenters. The van der Waals surface area contributed by atoms with Crippen molar-refractivity contribution in [1.82, 2.24) is 20.1 Å². The lowest BCUT2D eigenvalue weighted by atomic mass is 10.2. The van der Waals surface area contributed by atoms with Crippen LogP contribution in [0.3, 0.4) is 0 Å². The Hall–Kier alpha value is -1.10. The van der Waals surface area contributed by atoms with E-state index in [0.29, 0.717) is 23.1 Å². The van der Waals surface area contributed by atoms with Gasteiger partial charge in [-0.25, -0.2) is 9.67 Å². The maximum Gasteiger partial charge on any atom is 0.164 e. The molecule has 1 N–H and O–H groups in total. The van der Waals surface area contributed by atoms with E-state index in [9.17, 15) is 0 Å². The van der Waals surface area contributed by atoms with Gasteiger partial charge in [-0.1, -0.05) is 42.3 Å². The molecule has 1 heterocycles. The first-order chi connectivity index (χ1) is 8.70. The minimum Gasteiger partial charge on any atom is -0.310 e. The second-order valence-electron chi connectivity index (χ2n) is 3.85. The Morgan fingerprint density at radius 3 is 2.94 bits per heavy atom. The highest BCUT2D eigenvalue weighted by Crippen LogP contribution is 2.25. The molecule has 2 rings (SSSR count). The molecule has 0 amide bonds. The Bertz CT molecular complexity index is 525. The molecule has 0 fully saturated rings. The van der Waals surface area contributed by atoms with Crippen LogP contribution in [0.25, 0.3) is 0 Å². The minimum absolute atomic E-state index is 0.558. The van der Waals surface area contributed by atoms with Crippen LogP contribution in [0.5, 0.6) is 0 Å². The number of halogens is 2. The predicted octanol–water partition coefficient (Wildman–Crippen LogP) is 2.74. The summed E-state index contributed by atoms with van der Waals surface area (Å²) >= 11 is 12.1. The van der Waals surface area contributed by atoms with Crippen LogP contribution in [0.4, 0.5) is 0 Å². The third kappa shape index (κ3) is 3.22. The van der Waals surface area contributed by atoms with E-state index >= 15 is 0 Å². The zero-order chi connectivity index (χ0) is 13.0. The molecule has 6 heteroatoms. The van der Waals surface area contributed by atoms with Crippen molar-refractivity contribution in [2.45, 2.75) is 20.0 Å². The Morgan fingerprint density at radius 1 is 1.33 bits per heavy atom. The van der Waals surface area contributed by atoms with Crippen molar-refractivity contribution in [2.75, 3.05) is 6.54 Å². The number of nitrogens with one attached hydrogen (secondary N) is 1. The van der Waals surface area contributed by atoms with Gasteiger partial charge in [0.2, 0.25) is 0 Å². The molecule has 4 nitrogen and oxygen atoms in total. The van der Waals surface area contributed by atoms with Gasteiger partial charge in [-0.2, -0.15) is 5.10 Å². The fraction of sp³-hybridized carbons (Fsp3) is 0.333. The lowest BCUT2D eigenvalue weighted by molar-refractivity contribution is 0.643. The van der Waals surface area contributed by atoms with Gasteiger partial charge in [0.25, 0.3) is 0 Å². The van der Waals surface area contributed by atoms with Crippen LogP contribution in [-0.4, -0.2) is 21.3 Å². The molecule has 0 saturated heterocycles. The first kappa shape index (κ1) is 13.3. The summed E-state index contributed by atoms with van der Waals surface area (Å²) in [5, 5.41) is 8.66. The van der Waals surface area contributed by atoms with Gasteiger partial charge >= 0.3 is 0 Å². The van der Waals surface area contributed by atoms with Gasteiger partial charge in [0.15, 0.2) is 5.82 Å². The zero-order valence-electron chi connectivity index (χ0n) is 10.0. The summed E-state index contributed by atoms with van der Waals surface area (Å²) < 4.78 is 1.75. The maximum atomic E-state index is 6.13. The first-order valence-electron chi connectivity index (χ1n) is 5.72. The van der Waals surface area contributed by atoms with Crippen molar-refractivity contribution < 1.29 is 0 Å². The van der Waals surface area contributed by atoms with Crippen LogP contribution in [0, 0.1) is 0 Å². The summed E-state index contributed by atoms with van der Waals surface area (Å²) in [7, 11) is 0. The number of hydrogen-bond donors (Lipinski definition) is 1. The standard InChI is InChI=1S/C12H14Cl2N4/c1-2-15-6-11-16-8-18(17-11)7-9-4-3-5-10(13)12(9)14/h3-5,8,15H,2,6-7H2,1H3. The summed E-state index contributed by atoms with van der Waals surface area (Å²) in [5.41, 5.74) is 0.934. The summed E-state index contributed by atoms with van der Waals surface area (Å²) in [6, 6.07) is 5.57. The molecule has 0 aliphatic rings. The summed E-state index contributed by atoms with van der Waals surface area (Å²) in [4.78, 5) is 4.22. The molecule has 1 aromatic carbocycles. The van der Waals surface area contributed by atoms with Crippen LogP contribution in [-0.2, 0) is 13.1 Å². The van der Waals surface area contributed by atoms with E-state index in [2.05, 4.69) is 15.4 Å². The van der Waals surface area contributed by atoms with Crippen LogP contribution >= 0.6 is 23.2 Å². The highest BCUT2D eigenvalue weighted by atomic mass is 35.5. The molecule has 0 bridgehead atoms. The average molecular weight is 285 g/mol. The molecule has 0 radical (unpaired) electrons. The highest BCUT2D eigenvalue weighted by molar-refractivity contribution is 6.42. The fourth-order valence-electron chi connectivity index (χ4n) is 1.57. The van der Waals surface area contributed by atoms with Gasteiger partial charge in [-0.05, 0) is 18.2 Å². The van der Waals surface area contributed by atoms with E-state index in [1.54, 1.807) is 17.1 Å². The van der Waals surface area contributed by atoms with Gasteiger partial charge in [0.1, 0.15) is 6.33 Å². The topological polar surface area (TPSA) is 42.7 Å². The molecule has 1 aromatic heterocycles. The molecule has 96 valence electrons. The van der Waals surface area contributed by atoms with Crippen LogP contribution in [0.1, 0.15) is 18.3 Å². The Balaban J connectivity index is 2.09. The lowest BCUT2D eigenvalue weighted by Crippen LogP contribution is -2.13. The first-order valence-corrected chi connectivity index (χ1v) is 6.48. The molecular weight excluding hydrogens is 271 g/mol.